The SMILES string of the molecule is CCCN(C(=O)C1CCN(c2ccc3nncn3n2)CC1)C1CCc2ccccc2C1. The van der Waals surface area contributed by atoms with Crippen LogP contribution in [-0.4, -0.2) is 56.3 Å². The van der Waals surface area contributed by atoms with E-state index in [2.05, 4.69) is 56.3 Å². The fourth-order valence-electron chi connectivity index (χ4n) is 5.14. The number of rotatable bonds is 5. The maximum Gasteiger partial charge on any atom is 0.226 e. The molecular weight excluding hydrogens is 388 g/mol. The number of amides is 1. The lowest BCUT2D eigenvalue weighted by Crippen LogP contribution is -2.49. The summed E-state index contributed by atoms with van der Waals surface area (Å²) in [7, 11) is 0. The molecule has 1 unspecified atom stereocenters. The van der Waals surface area contributed by atoms with Gasteiger partial charge in [-0.15, -0.1) is 15.3 Å². The predicted molar refractivity (Wildman–Crippen MR) is 120 cm³/mol. The number of aryl methyl sites for hydroxylation is 1. The largest absolute Gasteiger partial charge is 0.355 e. The van der Waals surface area contributed by atoms with Crippen LogP contribution in [0.25, 0.3) is 5.65 Å². The summed E-state index contributed by atoms with van der Waals surface area (Å²) >= 11 is 0. The average molecular weight is 419 g/mol. The van der Waals surface area contributed by atoms with Crippen molar-refractivity contribution < 1.29 is 4.79 Å². The summed E-state index contributed by atoms with van der Waals surface area (Å²) in [6.45, 7) is 4.74. The van der Waals surface area contributed by atoms with Crippen molar-refractivity contribution in [1.29, 1.82) is 0 Å². The van der Waals surface area contributed by atoms with Crippen molar-refractivity contribution in [3.8, 4) is 0 Å². The van der Waals surface area contributed by atoms with E-state index in [0.717, 1.165) is 69.6 Å². The third-order valence-corrected chi connectivity index (χ3v) is 6.82. The summed E-state index contributed by atoms with van der Waals surface area (Å²) in [6, 6.07) is 13.0. The van der Waals surface area contributed by atoms with Gasteiger partial charge in [0.15, 0.2) is 5.65 Å². The third-order valence-electron chi connectivity index (χ3n) is 6.82. The van der Waals surface area contributed by atoms with E-state index in [4.69, 9.17) is 0 Å². The molecule has 7 nitrogen and oxygen atoms in total. The van der Waals surface area contributed by atoms with Crippen molar-refractivity contribution >= 4 is 17.4 Å². The lowest BCUT2D eigenvalue weighted by Gasteiger charge is -2.39. The van der Waals surface area contributed by atoms with Gasteiger partial charge in [0, 0.05) is 31.6 Å². The minimum absolute atomic E-state index is 0.110. The van der Waals surface area contributed by atoms with Gasteiger partial charge in [-0.2, -0.15) is 4.52 Å². The van der Waals surface area contributed by atoms with Crippen molar-refractivity contribution in [2.45, 2.75) is 51.5 Å². The van der Waals surface area contributed by atoms with Gasteiger partial charge in [0.2, 0.25) is 5.91 Å². The molecule has 1 atom stereocenters. The summed E-state index contributed by atoms with van der Waals surface area (Å²) in [6.07, 6.45) is 7.53. The van der Waals surface area contributed by atoms with Gasteiger partial charge in [0.25, 0.3) is 0 Å². The molecule has 3 heterocycles. The van der Waals surface area contributed by atoms with Gasteiger partial charge in [0.1, 0.15) is 12.1 Å². The minimum Gasteiger partial charge on any atom is -0.355 e. The molecule has 162 valence electrons. The van der Waals surface area contributed by atoms with Crippen LogP contribution in [0.5, 0.6) is 0 Å². The summed E-state index contributed by atoms with van der Waals surface area (Å²) in [5, 5.41) is 12.5. The lowest BCUT2D eigenvalue weighted by atomic mass is 9.86. The monoisotopic (exact) mass is 418 g/mol. The van der Waals surface area contributed by atoms with Crippen LogP contribution in [0.3, 0.4) is 0 Å². The Hall–Kier alpha value is -2.96. The number of carbonyl (C=O) groups is 1. The Balaban J connectivity index is 1.24. The van der Waals surface area contributed by atoms with Crippen molar-refractivity contribution in [2.75, 3.05) is 24.5 Å². The van der Waals surface area contributed by atoms with Crippen molar-refractivity contribution in [3.63, 3.8) is 0 Å². The minimum atomic E-state index is 0.110. The first-order valence-electron chi connectivity index (χ1n) is 11.5. The summed E-state index contributed by atoms with van der Waals surface area (Å²) in [4.78, 5) is 18.0. The van der Waals surface area contributed by atoms with E-state index in [1.54, 1.807) is 10.8 Å². The highest BCUT2D eigenvalue weighted by Crippen LogP contribution is 2.29. The molecule has 31 heavy (non-hydrogen) atoms. The van der Waals surface area contributed by atoms with Crippen LogP contribution < -0.4 is 4.90 Å². The molecule has 1 aliphatic heterocycles. The zero-order valence-corrected chi connectivity index (χ0v) is 18.2. The number of carbonyl (C=O) groups excluding carboxylic acids is 1. The first kappa shape index (κ1) is 20.0. The smallest absolute Gasteiger partial charge is 0.226 e. The number of fused-ring (bicyclic) bond motifs is 2. The van der Waals surface area contributed by atoms with Gasteiger partial charge in [-0.1, -0.05) is 31.2 Å². The van der Waals surface area contributed by atoms with Gasteiger partial charge in [-0.3, -0.25) is 4.79 Å². The van der Waals surface area contributed by atoms with Gasteiger partial charge in [0.05, 0.1) is 0 Å². The van der Waals surface area contributed by atoms with Crippen LogP contribution >= 0.6 is 0 Å². The molecule has 1 aliphatic carbocycles. The van der Waals surface area contributed by atoms with Crippen LogP contribution in [-0.2, 0) is 17.6 Å². The molecule has 7 heteroatoms. The van der Waals surface area contributed by atoms with E-state index in [9.17, 15) is 4.79 Å². The zero-order valence-electron chi connectivity index (χ0n) is 18.2. The Morgan fingerprint density at radius 3 is 2.71 bits per heavy atom. The molecule has 1 fully saturated rings. The molecule has 5 rings (SSSR count). The molecule has 1 amide bonds. The van der Waals surface area contributed by atoms with Crippen LogP contribution in [0.2, 0.25) is 0 Å². The highest BCUT2D eigenvalue weighted by Gasteiger charge is 2.33. The first-order chi connectivity index (χ1) is 15.2. The van der Waals surface area contributed by atoms with Gasteiger partial charge < -0.3 is 9.80 Å². The van der Waals surface area contributed by atoms with Crippen molar-refractivity contribution in [2.24, 2.45) is 5.92 Å². The van der Waals surface area contributed by atoms with E-state index >= 15 is 0 Å². The Morgan fingerprint density at radius 1 is 1.10 bits per heavy atom. The van der Waals surface area contributed by atoms with E-state index in [1.165, 1.54) is 11.1 Å². The fraction of sp³-hybridized carbons (Fsp3) is 0.500. The molecule has 0 radical (unpaired) electrons. The molecule has 0 spiro atoms. The number of nitrogens with zero attached hydrogens (tertiary/aromatic N) is 6. The molecule has 0 N–H and O–H groups in total. The summed E-state index contributed by atoms with van der Waals surface area (Å²) in [5.41, 5.74) is 3.62. The summed E-state index contributed by atoms with van der Waals surface area (Å²) < 4.78 is 1.70. The Kier molecular flexibility index (Phi) is 5.57. The van der Waals surface area contributed by atoms with E-state index in [0.29, 0.717) is 11.9 Å². The molecule has 0 saturated carbocycles. The average Bonchev–Trinajstić information content (AvgIpc) is 3.30. The molecule has 2 aliphatic rings. The maximum absolute atomic E-state index is 13.6. The Bertz CT molecular complexity index is 1050. The number of benzene rings is 1. The van der Waals surface area contributed by atoms with Crippen LogP contribution in [0.4, 0.5) is 5.82 Å². The number of hydrogen-bond donors (Lipinski definition) is 0. The van der Waals surface area contributed by atoms with E-state index in [-0.39, 0.29) is 5.92 Å². The zero-order chi connectivity index (χ0) is 21.2. The highest BCUT2D eigenvalue weighted by atomic mass is 16.2. The van der Waals surface area contributed by atoms with E-state index < -0.39 is 0 Å². The van der Waals surface area contributed by atoms with Crippen molar-refractivity contribution in [3.05, 3.63) is 53.9 Å². The molecule has 2 aromatic heterocycles. The lowest BCUT2D eigenvalue weighted by molar-refractivity contribution is -0.139. The normalized spacial score (nSPS) is 19.4. The second-order valence-electron chi connectivity index (χ2n) is 8.78. The fourth-order valence-corrected chi connectivity index (χ4v) is 5.14. The predicted octanol–water partition coefficient (Wildman–Crippen LogP) is 3.14. The molecule has 1 saturated heterocycles. The second kappa shape index (κ2) is 8.65. The quantitative estimate of drug-likeness (QED) is 0.637. The van der Waals surface area contributed by atoms with Crippen molar-refractivity contribution in [1.82, 2.24) is 24.7 Å². The van der Waals surface area contributed by atoms with Crippen LogP contribution in [0, 0.1) is 5.92 Å². The molecule has 0 bridgehead atoms. The van der Waals surface area contributed by atoms with Gasteiger partial charge in [-0.25, -0.2) is 0 Å². The van der Waals surface area contributed by atoms with Gasteiger partial charge in [-0.05, 0) is 61.8 Å². The van der Waals surface area contributed by atoms with Crippen LogP contribution in [0.1, 0.15) is 43.7 Å². The number of aromatic nitrogens is 4. The maximum atomic E-state index is 13.6. The van der Waals surface area contributed by atoms with E-state index in [1.807, 2.05) is 12.1 Å². The topological polar surface area (TPSA) is 66.6 Å². The number of hydrogen-bond acceptors (Lipinski definition) is 5. The molecule has 1 aromatic carbocycles. The molecule has 3 aromatic rings. The standard InChI is InChI=1S/C24H30N6O/c1-2-13-29(21-8-7-18-5-3-4-6-20(18)16-21)24(31)19-11-14-28(15-12-19)23-10-9-22-26-25-17-30(22)27-23/h3-6,9-10,17,19,21H,2,7-8,11-16H2,1H3. The third kappa shape index (κ3) is 4.01. The number of piperidine rings is 1. The second-order valence-corrected chi connectivity index (χ2v) is 8.78. The van der Waals surface area contributed by atoms with Gasteiger partial charge >= 0.3 is 0 Å². The molecular formula is C24H30N6O. The number of anilines is 1. The van der Waals surface area contributed by atoms with Crippen LogP contribution in [0.15, 0.2) is 42.7 Å². The Morgan fingerprint density at radius 2 is 1.90 bits per heavy atom. The summed E-state index contributed by atoms with van der Waals surface area (Å²) in [5.74, 6) is 1.39. The highest BCUT2D eigenvalue weighted by molar-refractivity contribution is 5.79. The Labute approximate surface area is 183 Å². The first-order valence-corrected chi connectivity index (χ1v) is 11.5.